The number of nitro benzene ring substituents is 1. The molecular formula is C13H17BrN2O2. The highest BCUT2D eigenvalue weighted by Crippen LogP contribution is 2.25. The van der Waals surface area contributed by atoms with E-state index in [1.165, 1.54) is 6.07 Å². The number of halogens is 1. The van der Waals surface area contributed by atoms with Crippen LogP contribution < -0.4 is 5.32 Å². The summed E-state index contributed by atoms with van der Waals surface area (Å²) in [5, 5.41) is 14.2. The van der Waals surface area contributed by atoms with Gasteiger partial charge < -0.3 is 5.32 Å². The molecule has 0 atom stereocenters. The van der Waals surface area contributed by atoms with Crippen molar-refractivity contribution in [1.82, 2.24) is 5.32 Å². The van der Waals surface area contributed by atoms with Crippen molar-refractivity contribution in [3.8, 4) is 0 Å². The lowest BCUT2D eigenvalue weighted by Gasteiger charge is -2.08. The van der Waals surface area contributed by atoms with E-state index in [9.17, 15) is 10.1 Å². The zero-order valence-corrected chi connectivity index (χ0v) is 12.3. The van der Waals surface area contributed by atoms with Gasteiger partial charge in [0.05, 0.1) is 10.5 Å². The third-order valence-corrected chi connectivity index (χ3v) is 2.87. The Morgan fingerprint density at radius 2 is 2.22 bits per heavy atom. The largest absolute Gasteiger partial charge is 0.311 e. The van der Waals surface area contributed by atoms with Gasteiger partial charge in [-0.2, -0.15) is 0 Å². The van der Waals surface area contributed by atoms with Gasteiger partial charge in [-0.25, -0.2) is 0 Å². The summed E-state index contributed by atoms with van der Waals surface area (Å²) in [7, 11) is 0. The third kappa shape index (κ3) is 4.58. The maximum absolute atomic E-state index is 11.0. The molecule has 1 N–H and O–H groups in total. The Balaban J connectivity index is 2.95. The molecular weight excluding hydrogens is 296 g/mol. The van der Waals surface area contributed by atoms with Crippen LogP contribution in [0, 0.1) is 10.1 Å². The van der Waals surface area contributed by atoms with E-state index in [-0.39, 0.29) is 10.6 Å². The summed E-state index contributed by atoms with van der Waals surface area (Å²) >= 11 is 3.24. The molecule has 0 heterocycles. The first-order valence-corrected chi connectivity index (χ1v) is 6.54. The summed E-state index contributed by atoms with van der Waals surface area (Å²) in [5.74, 6) is 0. The van der Waals surface area contributed by atoms with Gasteiger partial charge in [-0.15, -0.1) is 0 Å². The van der Waals surface area contributed by atoms with Crippen LogP contribution in [0.2, 0.25) is 0 Å². The fourth-order valence-electron chi connectivity index (χ4n) is 1.48. The highest BCUT2D eigenvalue weighted by atomic mass is 79.9. The number of benzene rings is 1. The van der Waals surface area contributed by atoms with Gasteiger partial charge in [0.25, 0.3) is 5.69 Å². The van der Waals surface area contributed by atoms with Crippen molar-refractivity contribution in [2.24, 2.45) is 0 Å². The molecule has 0 aromatic heterocycles. The first kappa shape index (κ1) is 14.9. The molecule has 0 bridgehead atoms. The Bertz CT molecular complexity index is 470. The van der Waals surface area contributed by atoms with Gasteiger partial charge in [-0.05, 0) is 25.1 Å². The van der Waals surface area contributed by atoms with E-state index in [0.717, 1.165) is 12.1 Å². The van der Waals surface area contributed by atoms with Crippen LogP contribution in [0.15, 0.2) is 28.2 Å². The van der Waals surface area contributed by atoms with Gasteiger partial charge in [0.2, 0.25) is 0 Å². The lowest BCUT2D eigenvalue weighted by atomic mass is 10.1. The van der Waals surface area contributed by atoms with Crippen molar-refractivity contribution >= 4 is 27.7 Å². The maximum Gasteiger partial charge on any atom is 0.277 e. The Hall–Kier alpha value is -1.20. The number of hydrogen-bond acceptors (Lipinski definition) is 3. The van der Waals surface area contributed by atoms with E-state index in [2.05, 4.69) is 35.1 Å². The first-order valence-electron chi connectivity index (χ1n) is 5.74. The number of rotatable bonds is 5. The fraction of sp³-hybridized carbons (Fsp3) is 0.385. The van der Waals surface area contributed by atoms with E-state index in [4.69, 9.17) is 0 Å². The van der Waals surface area contributed by atoms with E-state index >= 15 is 0 Å². The maximum atomic E-state index is 11.0. The molecule has 0 amide bonds. The van der Waals surface area contributed by atoms with Gasteiger partial charge >= 0.3 is 0 Å². The summed E-state index contributed by atoms with van der Waals surface area (Å²) in [6.45, 7) is 6.82. The van der Waals surface area contributed by atoms with Crippen molar-refractivity contribution < 1.29 is 4.92 Å². The van der Waals surface area contributed by atoms with Crippen LogP contribution in [0.25, 0.3) is 6.08 Å². The molecule has 5 heteroatoms. The molecule has 1 rings (SSSR count). The van der Waals surface area contributed by atoms with Crippen molar-refractivity contribution in [2.45, 2.75) is 26.8 Å². The van der Waals surface area contributed by atoms with Crippen molar-refractivity contribution in [3.63, 3.8) is 0 Å². The topological polar surface area (TPSA) is 55.2 Å². The Morgan fingerprint density at radius 3 is 2.78 bits per heavy atom. The molecule has 0 saturated heterocycles. The molecule has 1 aromatic rings. The number of nitro groups is 1. The average molecular weight is 313 g/mol. The van der Waals surface area contributed by atoms with Crippen LogP contribution in [0.3, 0.4) is 0 Å². The predicted molar refractivity (Wildman–Crippen MR) is 77.6 cm³/mol. The molecule has 0 aliphatic rings. The summed E-state index contributed by atoms with van der Waals surface area (Å²) in [6, 6.07) is 5.48. The van der Waals surface area contributed by atoms with Gasteiger partial charge in [-0.1, -0.05) is 35.4 Å². The standard InChI is InChI=1S/C13H17BrN2O2/c1-9(2)15-8-10(3)6-11-4-5-12(14)7-13(11)16(17)18/h4-7,9,15H,8H2,1-3H3/b10-6+. The SMILES string of the molecule is C/C(=C\c1ccc(Br)cc1[N+](=O)[O-])CNC(C)C. The minimum Gasteiger partial charge on any atom is -0.311 e. The highest BCUT2D eigenvalue weighted by Gasteiger charge is 2.12. The molecule has 0 saturated carbocycles. The van der Waals surface area contributed by atoms with Crippen LogP contribution in [-0.4, -0.2) is 17.5 Å². The number of nitrogens with one attached hydrogen (secondary N) is 1. The molecule has 18 heavy (non-hydrogen) atoms. The van der Waals surface area contributed by atoms with Crippen molar-refractivity contribution in [2.75, 3.05) is 6.54 Å². The van der Waals surface area contributed by atoms with Gasteiger partial charge in [-0.3, -0.25) is 10.1 Å². The zero-order chi connectivity index (χ0) is 13.7. The molecule has 0 fully saturated rings. The van der Waals surface area contributed by atoms with Gasteiger partial charge in [0, 0.05) is 23.1 Å². The molecule has 0 aliphatic carbocycles. The average Bonchev–Trinajstić information content (AvgIpc) is 2.28. The second-order valence-electron chi connectivity index (χ2n) is 4.49. The Kier molecular flexibility index (Phi) is 5.50. The summed E-state index contributed by atoms with van der Waals surface area (Å²) < 4.78 is 0.712. The molecule has 0 unspecified atom stereocenters. The molecule has 4 nitrogen and oxygen atoms in total. The Labute approximate surface area is 115 Å². The lowest BCUT2D eigenvalue weighted by molar-refractivity contribution is -0.385. The summed E-state index contributed by atoms with van der Waals surface area (Å²) in [5.41, 5.74) is 1.81. The first-order chi connectivity index (χ1) is 8.40. The van der Waals surface area contributed by atoms with Crippen LogP contribution in [0.4, 0.5) is 5.69 Å². The lowest BCUT2D eigenvalue weighted by Crippen LogP contribution is -2.24. The fourth-order valence-corrected chi connectivity index (χ4v) is 1.83. The molecule has 0 aliphatic heterocycles. The van der Waals surface area contributed by atoms with Crippen LogP contribution >= 0.6 is 15.9 Å². The van der Waals surface area contributed by atoms with E-state index in [1.54, 1.807) is 6.07 Å². The van der Waals surface area contributed by atoms with E-state index in [0.29, 0.717) is 16.1 Å². The molecule has 1 aromatic carbocycles. The quantitative estimate of drug-likeness (QED) is 0.665. The summed E-state index contributed by atoms with van der Waals surface area (Å²) in [6.07, 6.45) is 1.85. The minimum absolute atomic E-state index is 0.119. The highest BCUT2D eigenvalue weighted by molar-refractivity contribution is 9.10. The zero-order valence-electron chi connectivity index (χ0n) is 10.7. The second kappa shape index (κ2) is 6.66. The molecule has 0 radical (unpaired) electrons. The second-order valence-corrected chi connectivity index (χ2v) is 5.40. The monoisotopic (exact) mass is 312 g/mol. The number of nitrogens with zero attached hydrogens (tertiary/aromatic N) is 1. The van der Waals surface area contributed by atoms with Crippen LogP contribution in [-0.2, 0) is 0 Å². The minimum atomic E-state index is -0.361. The normalized spacial score (nSPS) is 11.9. The predicted octanol–water partition coefficient (Wildman–Crippen LogP) is 3.76. The smallest absolute Gasteiger partial charge is 0.277 e. The number of hydrogen-bond donors (Lipinski definition) is 1. The van der Waals surface area contributed by atoms with E-state index in [1.807, 2.05) is 19.1 Å². The Morgan fingerprint density at radius 1 is 1.56 bits per heavy atom. The van der Waals surface area contributed by atoms with Crippen LogP contribution in [0.1, 0.15) is 26.3 Å². The summed E-state index contributed by atoms with van der Waals surface area (Å²) in [4.78, 5) is 10.6. The van der Waals surface area contributed by atoms with Gasteiger partial charge in [0.1, 0.15) is 0 Å². The van der Waals surface area contributed by atoms with Gasteiger partial charge in [0.15, 0.2) is 0 Å². The molecule has 0 spiro atoms. The van der Waals surface area contributed by atoms with Crippen LogP contribution in [0.5, 0.6) is 0 Å². The van der Waals surface area contributed by atoms with Crippen molar-refractivity contribution in [1.29, 1.82) is 0 Å². The van der Waals surface area contributed by atoms with Crippen molar-refractivity contribution in [3.05, 3.63) is 43.9 Å². The van der Waals surface area contributed by atoms with E-state index < -0.39 is 0 Å². The molecule has 98 valence electrons. The third-order valence-electron chi connectivity index (χ3n) is 2.38.